The van der Waals surface area contributed by atoms with Gasteiger partial charge >= 0.3 is 0 Å². The van der Waals surface area contributed by atoms with Crippen molar-refractivity contribution < 1.29 is 14.7 Å². The summed E-state index contributed by atoms with van der Waals surface area (Å²) >= 11 is 0. The number of rotatable bonds is 7. The molecule has 3 N–H and O–H groups in total. The highest BCUT2D eigenvalue weighted by atomic mass is 16.5. The molecule has 0 aromatic heterocycles. The summed E-state index contributed by atoms with van der Waals surface area (Å²) < 4.78 is 4.94. The summed E-state index contributed by atoms with van der Waals surface area (Å²) in [7, 11) is 1.62. The number of hydrogen-bond acceptors (Lipinski definition) is 4. The zero-order valence-corrected chi connectivity index (χ0v) is 11.0. The van der Waals surface area contributed by atoms with E-state index in [4.69, 9.17) is 15.7 Å². The van der Waals surface area contributed by atoms with Crippen molar-refractivity contribution >= 4 is 11.7 Å². The molecule has 6 heteroatoms. The molecule has 0 atom stereocenters. The second-order valence-corrected chi connectivity index (χ2v) is 4.65. The van der Waals surface area contributed by atoms with Gasteiger partial charge in [-0.25, -0.2) is 0 Å². The normalized spacial score (nSPS) is 17.1. The fourth-order valence-electron chi connectivity index (χ4n) is 2.35. The summed E-state index contributed by atoms with van der Waals surface area (Å²) in [4.78, 5) is 13.9. The number of carbonyl (C=O) groups is 1. The Labute approximate surface area is 108 Å². The molecule has 18 heavy (non-hydrogen) atoms. The number of hydrogen-bond donors (Lipinski definition) is 2. The molecule has 1 rings (SSSR count). The first-order valence-electron chi connectivity index (χ1n) is 6.43. The number of amidine groups is 1. The van der Waals surface area contributed by atoms with Gasteiger partial charge in [0.05, 0.1) is 6.54 Å². The van der Waals surface area contributed by atoms with Gasteiger partial charge in [-0.2, -0.15) is 0 Å². The smallest absolute Gasteiger partial charge is 0.223 e. The van der Waals surface area contributed by atoms with Gasteiger partial charge in [-0.05, 0) is 19.3 Å². The van der Waals surface area contributed by atoms with Crippen molar-refractivity contribution in [2.24, 2.45) is 10.9 Å². The Morgan fingerprint density at radius 2 is 2.17 bits per heavy atom. The molecule has 0 aromatic rings. The maximum absolute atomic E-state index is 12.1. The largest absolute Gasteiger partial charge is 0.409 e. The molecule has 1 aliphatic rings. The Morgan fingerprint density at radius 3 is 2.72 bits per heavy atom. The first-order valence-corrected chi connectivity index (χ1v) is 6.43. The summed E-state index contributed by atoms with van der Waals surface area (Å²) in [5.74, 6) is 0.146. The van der Waals surface area contributed by atoms with E-state index in [1.807, 2.05) is 0 Å². The predicted molar refractivity (Wildman–Crippen MR) is 68.5 cm³/mol. The van der Waals surface area contributed by atoms with Crippen LogP contribution in [0.25, 0.3) is 0 Å². The first kappa shape index (κ1) is 14.8. The Balaban J connectivity index is 2.55. The van der Waals surface area contributed by atoms with Gasteiger partial charge in [0.2, 0.25) is 5.91 Å². The summed E-state index contributed by atoms with van der Waals surface area (Å²) in [5, 5.41) is 11.6. The molecule has 0 heterocycles. The van der Waals surface area contributed by atoms with Gasteiger partial charge in [0.25, 0.3) is 0 Å². The zero-order valence-electron chi connectivity index (χ0n) is 11.0. The fraction of sp³-hybridized carbons (Fsp3) is 0.833. The summed E-state index contributed by atoms with van der Waals surface area (Å²) in [6.07, 6.45) is 5.45. The lowest BCUT2D eigenvalue weighted by molar-refractivity contribution is -0.132. The van der Waals surface area contributed by atoms with Crippen LogP contribution in [0.15, 0.2) is 5.16 Å². The average molecular weight is 257 g/mol. The van der Waals surface area contributed by atoms with Crippen molar-refractivity contribution in [3.05, 3.63) is 0 Å². The van der Waals surface area contributed by atoms with Gasteiger partial charge in [0, 0.05) is 26.2 Å². The Bertz CT molecular complexity index is 288. The van der Waals surface area contributed by atoms with Crippen LogP contribution in [0.3, 0.4) is 0 Å². The SMILES string of the molecule is COCCCC(=O)N(CC(N)=NO)C1CCCC1. The average Bonchev–Trinajstić information content (AvgIpc) is 2.89. The Hall–Kier alpha value is -1.30. The number of ether oxygens (including phenoxy) is 1. The van der Waals surface area contributed by atoms with E-state index in [1.165, 1.54) is 0 Å². The van der Waals surface area contributed by atoms with Gasteiger partial charge in [0.15, 0.2) is 5.84 Å². The van der Waals surface area contributed by atoms with Crippen molar-refractivity contribution in [2.45, 2.75) is 44.6 Å². The van der Waals surface area contributed by atoms with E-state index >= 15 is 0 Å². The highest BCUT2D eigenvalue weighted by Gasteiger charge is 2.26. The quantitative estimate of drug-likeness (QED) is 0.233. The van der Waals surface area contributed by atoms with Crippen molar-refractivity contribution in [3.63, 3.8) is 0 Å². The van der Waals surface area contributed by atoms with Crippen LogP contribution in [0.5, 0.6) is 0 Å². The molecule has 0 radical (unpaired) electrons. The third kappa shape index (κ3) is 4.52. The number of nitrogens with zero attached hydrogens (tertiary/aromatic N) is 2. The molecule has 1 fully saturated rings. The zero-order chi connectivity index (χ0) is 13.4. The van der Waals surface area contributed by atoms with Crippen LogP contribution in [0.4, 0.5) is 0 Å². The van der Waals surface area contributed by atoms with Crippen LogP contribution in [0, 0.1) is 0 Å². The van der Waals surface area contributed by atoms with E-state index in [0.29, 0.717) is 19.4 Å². The van der Waals surface area contributed by atoms with Crippen LogP contribution >= 0.6 is 0 Å². The summed E-state index contributed by atoms with van der Waals surface area (Å²) in [6.45, 7) is 0.792. The fourth-order valence-corrected chi connectivity index (χ4v) is 2.35. The van der Waals surface area contributed by atoms with Crippen molar-refractivity contribution in [2.75, 3.05) is 20.3 Å². The minimum atomic E-state index is 0.0607. The first-order chi connectivity index (χ1) is 8.69. The predicted octanol–water partition coefficient (Wildman–Crippen LogP) is 0.931. The van der Waals surface area contributed by atoms with Crippen molar-refractivity contribution in [3.8, 4) is 0 Å². The van der Waals surface area contributed by atoms with Gasteiger partial charge in [-0.3, -0.25) is 4.79 Å². The molecular formula is C12H23N3O3. The van der Waals surface area contributed by atoms with Gasteiger partial charge < -0.3 is 20.6 Å². The molecule has 1 aliphatic carbocycles. The molecule has 6 nitrogen and oxygen atoms in total. The lowest BCUT2D eigenvalue weighted by Crippen LogP contribution is -2.44. The second kappa shape index (κ2) is 7.92. The molecule has 1 saturated carbocycles. The minimum Gasteiger partial charge on any atom is -0.409 e. The molecule has 0 bridgehead atoms. The Morgan fingerprint density at radius 1 is 1.50 bits per heavy atom. The maximum atomic E-state index is 12.1. The minimum absolute atomic E-state index is 0.0607. The lowest BCUT2D eigenvalue weighted by atomic mass is 10.1. The van der Waals surface area contributed by atoms with E-state index in [9.17, 15) is 4.79 Å². The van der Waals surface area contributed by atoms with Crippen molar-refractivity contribution in [1.29, 1.82) is 0 Å². The highest BCUT2D eigenvalue weighted by molar-refractivity contribution is 5.87. The molecular weight excluding hydrogens is 234 g/mol. The van der Waals surface area contributed by atoms with Crippen LogP contribution in [0.1, 0.15) is 38.5 Å². The molecule has 0 aromatic carbocycles. The van der Waals surface area contributed by atoms with Crippen molar-refractivity contribution in [1.82, 2.24) is 4.90 Å². The van der Waals surface area contributed by atoms with Crippen LogP contribution < -0.4 is 5.73 Å². The third-order valence-electron chi connectivity index (χ3n) is 3.29. The molecule has 0 unspecified atom stereocenters. The van der Waals surface area contributed by atoms with E-state index in [-0.39, 0.29) is 24.3 Å². The van der Waals surface area contributed by atoms with E-state index in [0.717, 1.165) is 25.7 Å². The highest BCUT2D eigenvalue weighted by Crippen LogP contribution is 2.24. The van der Waals surface area contributed by atoms with E-state index in [1.54, 1.807) is 12.0 Å². The molecule has 0 saturated heterocycles. The van der Waals surface area contributed by atoms with Crippen LogP contribution in [-0.4, -0.2) is 48.2 Å². The molecule has 1 amide bonds. The number of oxime groups is 1. The summed E-state index contributed by atoms with van der Waals surface area (Å²) in [5.41, 5.74) is 5.52. The number of nitrogens with two attached hydrogens (primary N) is 1. The third-order valence-corrected chi connectivity index (χ3v) is 3.29. The standard InChI is InChI=1S/C12H23N3O3/c1-18-8-4-7-12(16)15(9-11(13)14-17)10-5-2-3-6-10/h10,17H,2-9H2,1H3,(H2,13,14). The van der Waals surface area contributed by atoms with E-state index < -0.39 is 0 Å². The molecule has 104 valence electrons. The van der Waals surface area contributed by atoms with Crippen LogP contribution in [0.2, 0.25) is 0 Å². The Kier molecular flexibility index (Phi) is 6.49. The lowest BCUT2D eigenvalue weighted by Gasteiger charge is -2.28. The topological polar surface area (TPSA) is 88.2 Å². The van der Waals surface area contributed by atoms with E-state index in [2.05, 4.69) is 5.16 Å². The van der Waals surface area contributed by atoms with Crippen LogP contribution in [-0.2, 0) is 9.53 Å². The number of amides is 1. The number of methoxy groups -OCH3 is 1. The van der Waals surface area contributed by atoms with Gasteiger partial charge in [-0.15, -0.1) is 0 Å². The summed E-state index contributed by atoms with van der Waals surface area (Å²) in [6, 6.07) is 0.236. The molecule has 0 aliphatic heterocycles. The monoisotopic (exact) mass is 257 g/mol. The maximum Gasteiger partial charge on any atom is 0.223 e. The number of carbonyl (C=O) groups excluding carboxylic acids is 1. The molecule has 0 spiro atoms. The van der Waals surface area contributed by atoms with Gasteiger partial charge in [-0.1, -0.05) is 18.0 Å². The van der Waals surface area contributed by atoms with Gasteiger partial charge in [0.1, 0.15) is 0 Å². The second-order valence-electron chi connectivity index (χ2n) is 4.65.